The summed E-state index contributed by atoms with van der Waals surface area (Å²) in [6.45, 7) is -5.96. The Bertz CT molecular complexity index is 3340. The number of aliphatic hydroxyl groups is 25. The van der Waals surface area contributed by atoms with Crippen LogP contribution in [0.5, 0.6) is 0 Å². The molecule has 0 saturated carbocycles. The zero-order chi connectivity index (χ0) is 89.6. The van der Waals surface area contributed by atoms with Crippen molar-refractivity contribution in [1.29, 1.82) is 0 Å². The summed E-state index contributed by atoms with van der Waals surface area (Å²) >= 11 is 0. The molecule has 9 rings (SSSR count). The van der Waals surface area contributed by atoms with Crippen LogP contribution < -0.4 is 26.6 Å². The molecule has 0 aromatic rings. The highest BCUT2D eigenvalue weighted by molar-refractivity contribution is 5.77. The summed E-state index contributed by atoms with van der Waals surface area (Å²) < 4.78 is 102. The summed E-state index contributed by atoms with van der Waals surface area (Å²) in [5.41, 5.74) is 0. The van der Waals surface area contributed by atoms with E-state index in [-0.39, 0.29) is 0 Å². The zero-order valence-corrected chi connectivity index (χ0v) is 65.1. The predicted octanol–water partition coefficient (Wildman–Crippen LogP) is -20.7. The zero-order valence-electron chi connectivity index (χ0n) is 65.1. The van der Waals surface area contributed by atoms with Gasteiger partial charge in [0, 0.05) is 41.0 Å². The van der Waals surface area contributed by atoms with E-state index in [1.807, 2.05) is 0 Å². The standard InChI is InChI=1S/C67H111N5O49/c1-16(80)68-31-21(85)6-67(66(103)104,121-55(31)36(87)22(86)7-73)106-15-29-40(91)46(97)49(100)63(113-29)116-52-27(12-78)112-61(35(44(52)95)72-20(5)84)120-57-47(98)39(90)25(10-76)110-65(57)119-56-50(101)64(117-53-28(13-79)111-60(34(43(53)94)71-19(4)83)115-51-26(11-77)107-58(102)32(42(51)93)69-17(2)81)114-30(14-105-62-48(99)45(96)38(89)24(9-75)109-62)54(56)118-59-33(70-18(3)82)41(92)37(88)23(8-74)108-59/h21-65,73-79,85-102H,6-15H2,1-5H3,(H,68,80)(H,69,81)(H,70,82)(H,71,83)(H,72,84)(H,103,104)/t21-,22+,23+,24+,25+,26+,27+,28+,29+,30+,31+,32+,33+,34+,35+,36+,37+,38+,39+,40-,41+,42+,43+,44+,45-,46-,47-,48-,49-,50-,51+,52+,53+,54+,55+,56+,57-,58?,59-,60-,61-,62-,63-,64-,65+,67+/m0/s1. The number of aliphatic hydroxyl groups excluding tert-OH is 25. The number of carbonyl (C=O) groups excluding carboxylic acids is 5. The molecule has 46 atom stereocenters. The monoisotopic (exact) mass is 1770 g/mol. The van der Waals surface area contributed by atoms with Gasteiger partial charge in [0.15, 0.2) is 50.3 Å². The summed E-state index contributed by atoms with van der Waals surface area (Å²) in [7, 11) is 0. The molecule has 9 saturated heterocycles. The van der Waals surface area contributed by atoms with Crippen molar-refractivity contribution in [3.05, 3.63) is 0 Å². The fraction of sp³-hybridized carbons (Fsp3) is 0.910. The van der Waals surface area contributed by atoms with Crippen molar-refractivity contribution in [1.82, 2.24) is 26.6 Å². The Labute approximate surface area is 684 Å². The van der Waals surface area contributed by atoms with Gasteiger partial charge in [-0.25, -0.2) is 4.79 Å². The molecule has 1 unspecified atom stereocenters. The van der Waals surface area contributed by atoms with Gasteiger partial charge < -0.3 is 240 Å². The second kappa shape index (κ2) is 43.3. The lowest BCUT2D eigenvalue weighted by Gasteiger charge is -2.52. The molecule has 0 spiro atoms. The summed E-state index contributed by atoms with van der Waals surface area (Å²) in [5.74, 6) is -9.82. The SMILES string of the molecule is CC(=O)N[C@H]1[C@H](O[C@@H]2[C@@H](O[C@@H]3[C@H](O)[C@H](O[C@H]4[C@H](O)[C@@H](NC(C)=O)[C@H](O[C@H]5[C@H](O)[C@@H](NC(C)=O)C(O)O[C@@H]5CO)O[C@@H]4CO)O[C@H](CO[C@H]4O[C@H](CO)[C@@H](O)[C@H](O)[C@@H]4O)[C@H]3O[C@@H]3O[C@H](CO)[C@@H](O)[C@H](O)[C@H]3NC(C)=O)O[C@H](CO)[C@@H](O)[C@@H]2O)O[C@H](CO)[C@@H](O[C@@H]2O[C@H](CO[C@]3(C(=O)O)C[C@H](O)[C@@H](NC(C)=O)[C@H]([C@H](O)[C@H](O)CO)O3)[C@H](O)[C@H](O)[C@@H]2O)[C@@H]1O. The van der Waals surface area contributed by atoms with Gasteiger partial charge >= 0.3 is 5.97 Å². The highest BCUT2D eigenvalue weighted by Crippen LogP contribution is 2.42. The number of rotatable bonds is 33. The van der Waals surface area contributed by atoms with Crippen LogP contribution in [0.2, 0.25) is 0 Å². The first-order valence-corrected chi connectivity index (χ1v) is 38.2. The van der Waals surface area contributed by atoms with Gasteiger partial charge in [-0.15, -0.1) is 0 Å². The first-order valence-electron chi connectivity index (χ1n) is 38.2. The molecular formula is C67H111N5O49. The number of amides is 5. The van der Waals surface area contributed by atoms with Crippen molar-refractivity contribution < 1.29 is 242 Å². The number of carboxylic acid groups (broad SMARTS) is 1. The lowest BCUT2D eigenvalue weighted by atomic mass is 9.88. The van der Waals surface area contributed by atoms with E-state index in [4.69, 9.17) is 80.5 Å². The molecule has 54 nitrogen and oxygen atoms in total. The average molecular weight is 1770 g/mol. The van der Waals surface area contributed by atoms with Gasteiger partial charge in [0.05, 0.1) is 71.6 Å². The quantitative estimate of drug-likeness (QED) is 0.0290. The topological polar surface area (TPSA) is 845 Å². The van der Waals surface area contributed by atoms with Crippen LogP contribution in [0.3, 0.4) is 0 Å². The number of carboxylic acids is 1. The molecule has 0 aromatic heterocycles. The summed E-state index contributed by atoms with van der Waals surface area (Å²) in [4.78, 5) is 76.7. The molecule has 9 fully saturated rings. The normalized spacial score (nSPS) is 46.6. The maximum Gasteiger partial charge on any atom is 0.364 e. The first kappa shape index (κ1) is 99.9. The van der Waals surface area contributed by atoms with Gasteiger partial charge in [0.1, 0.15) is 213 Å². The lowest BCUT2D eigenvalue weighted by Crippen LogP contribution is -2.71. The Morgan fingerprint density at radius 2 is 0.686 bits per heavy atom. The van der Waals surface area contributed by atoms with Gasteiger partial charge in [0.25, 0.3) is 5.79 Å². The molecule has 0 aromatic carbocycles. The van der Waals surface area contributed by atoms with Gasteiger partial charge in [-0.3, -0.25) is 24.0 Å². The number of ether oxygens (including phenoxy) is 17. The van der Waals surface area contributed by atoms with Gasteiger partial charge in [-0.1, -0.05) is 0 Å². The first-order chi connectivity index (χ1) is 57.0. The Hall–Kier alpha value is -4.86. The van der Waals surface area contributed by atoms with E-state index in [0.29, 0.717) is 0 Å². The van der Waals surface area contributed by atoms with Gasteiger partial charge in [-0.05, 0) is 0 Å². The second-order valence-corrected chi connectivity index (χ2v) is 30.4. The van der Waals surface area contributed by atoms with E-state index in [2.05, 4.69) is 26.6 Å². The molecule has 698 valence electrons. The molecule has 0 aliphatic carbocycles. The lowest BCUT2D eigenvalue weighted by molar-refractivity contribution is -0.407. The van der Waals surface area contributed by atoms with Crippen LogP contribution >= 0.6 is 0 Å². The molecule has 9 aliphatic rings. The maximum absolute atomic E-state index is 13.3. The number of hydrogen-bond donors (Lipinski definition) is 31. The highest BCUT2D eigenvalue weighted by atomic mass is 16.8. The molecular weight excluding hydrogens is 1660 g/mol. The number of carbonyl (C=O) groups is 6. The van der Waals surface area contributed by atoms with Crippen molar-refractivity contribution in [2.75, 3.05) is 59.5 Å². The number of hydrogen-bond acceptors (Lipinski definition) is 48. The predicted molar refractivity (Wildman–Crippen MR) is 372 cm³/mol. The largest absolute Gasteiger partial charge is 0.477 e. The molecule has 9 heterocycles. The minimum Gasteiger partial charge on any atom is -0.477 e. The van der Waals surface area contributed by atoms with Crippen LogP contribution in [0.15, 0.2) is 0 Å². The minimum absolute atomic E-state index is 0.806. The van der Waals surface area contributed by atoms with Crippen LogP contribution in [-0.4, -0.2) is 509 Å². The minimum atomic E-state index is -3.11. The third-order valence-corrected chi connectivity index (χ3v) is 21.7. The molecule has 54 heteroatoms. The summed E-state index contributed by atoms with van der Waals surface area (Å²) in [5, 5.41) is 302. The van der Waals surface area contributed by atoms with Crippen molar-refractivity contribution in [2.45, 2.75) is 323 Å². The van der Waals surface area contributed by atoms with E-state index in [9.17, 15) is 162 Å². The molecule has 5 amide bonds. The van der Waals surface area contributed by atoms with E-state index in [1.165, 1.54) is 0 Å². The van der Waals surface area contributed by atoms with Crippen molar-refractivity contribution in [3.63, 3.8) is 0 Å². The van der Waals surface area contributed by atoms with Crippen molar-refractivity contribution in [3.8, 4) is 0 Å². The van der Waals surface area contributed by atoms with Crippen LogP contribution in [0.1, 0.15) is 41.0 Å². The smallest absolute Gasteiger partial charge is 0.364 e. The average Bonchev–Trinajstić information content (AvgIpc) is 0.760. The van der Waals surface area contributed by atoms with Crippen molar-refractivity contribution >= 4 is 35.5 Å². The van der Waals surface area contributed by atoms with Gasteiger partial charge in [-0.2, -0.15) is 0 Å². The Morgan fingerprint density at radius 1 is 0.339 bits per heavy atom. The fourth-order valence-electron chi connectivity index (χ4n) is 15.5. The third-order valence-electron chi connectivity index (χ3n) is 21.7. The molecule has 31 N–H and O–H groups in total. The van der Waals surface area contributed by atoms with E-state index in [1.54, 1.807) is 0 Å². The Balaban J connectivity index is 1.08. The van der Waals surface area contributed by atoms with E-state index in [0.717, 1.165) is 34.6 Å². The van der Waals surface area contributed by atoms with Gasteiger partial charge in [0.2, 0.25) is 29.5 Å². The summed E-state index contributed by atoms with van der Waals surface area (Å²) in [6, 6.07) is -9.44. The highest BCUT2D eigenvalue weighted by Gasteiger charge is 2.63. The number of nitrogens with one attached hydrogen (secondary N) is 5. The Kier molecular flexibility index (Phi) is 35.7. The molecule has 0 bridgehead atoms. The Morgan fingerprint density at radius 3 is 1.16 bits per heavy atom. The molecule has 121 heavy (non-hydrogen) atoms. The maximum atomic E-state index is 13.3. The van der Waals surface area contributed by atoms with Crippen LogP contribution in [-0.2, 0) is 109 Å². The summed E-state index contributed by atoms with van der Waals surface area (Å²) in [6.07, 6.45) is -89.1. The van der Waals surface area contributed by atoms with Crippen molar-refractivity contribution in [2.24, 2.45) is 0 Å². The molecule has 0 radical (unpaired) electrons. The molecule has 9 aliphatic heterocycles. The number of aliphatic carboxylic acids is 1. The van der Waals surface area contributed by atoms with Crippen LogP contribution in [0, 0.1) is 0 Å². The third kappa shape index (κ3) is 22.5. The van der Waals surface area contributed by atoms with Crippen LogP contribution in [0.25, 0.3) is 0 Å². The van der Waals surface area contributed by atoms with E-state index >= 15 is 0 Å². The van der Waals surface area contributed by atoms with E-state index < -0.39 is 383 Å². The van der Waals surface area contributed by atoms with Crippen LogP contribution in [0.4, 0.5) is 0 Å². The fourth-order valence-corrected chi connectivity index (χ4v) is 15.5. The second-order valence-electron chi connectivity index (χ2n) is 30.4.